The highest BCUT2D eigenvalue weighted by Gasteiger charge is 2.41. The van der Waals surface area contributed by atoms with Crippen LogP contribution in [-0.4, -0.2) is 20.1 Å². The zero-order valence-corrected chi connectivity index (χ0v) is 10.8. The molecule has 2 aromatic rings. The van der Waals surface area contributed by atoms with Gasteiger partial charge in [0.15, 0.2) is 0 Å². The third-order valence-corrected chi connectivity index (χ3v) is 3.75. The van der Waals surface area contributed by atoms with E-state index in [1.165, 1.54) is 12.1 Å². The van der Waals surface area contributed by atoms with Crippen LogP contribution in [0.25, 0.3) is 0 Å². The van der Waals surface area contributed by atoms with Gasteiger partial charge >= 0.3 is 0 Å². The molecule has 3 rings (SSSR count). The van der Waals surface area contributed by atoms with E-state index < -0.39 is 5.60 Å². The normalized spacial score (nSPS) is 21.6. The predicted molar refractivity (Wildman–Crippen MR) is 68.0 cm³/mol. The molecule has 1 aliphatic carbocycles. The quantitative estimate of drug-likeness (QED) is 0.919. The van der Waals surface area contributed by atoms with Crippen molar-refractivity contribution in [1.82, 2.24) is 15.0 Å². The molecule has 0 aliphatic heterocycles. The molecule has 0 saturated carbocycles. The van der Waals surface area contributed by atoms with Gasteiger partial charge in [0.25, 0.3) is 0 Å². The number of benzene rings is 1. The van der Waals surface area contributed by atoms with Gasteiger partial charge in [0, 0.05) is 6.54 Å². The molecule has 0 amide bonds. The van der Waals surface area contributed by atoms with Crippen LogP contribution in [0.15, 0.2) is 24.4 Å². The first-order valence-electron chi connectivity index (χ1n) is 6.55. The summed E-state index contributed by atoms with van der Waals surface area (Å²) in [5.41, 5.74) is 1.24. The fraction of sp³-hybridized carbons (Fsp3) is 0.429. The molecule has 4 nitrogen and oxygen atoms in total. The van der Waals surface area contributed by atoms with E-state index in [9.17, 15) is 9.50 Å². The molecular formula is C14H16FN3O. The average molecular weight is 261 g/mol. The standard InChI is InChI=1S/C14H16FN3O/c1-2-7-18-13(9-16-17-18)14(19)6-5-10-8-11(15)3-4-12(10)14/h3-4,8-9,19H,2,5-7H2,1H3. The molecule has 19 heavy (non-hydrogen) atoms. The summed E-state index contributed by atoms with van der Waals surface area (Å²) < 4.78 is 15.0. The molecular weight excluding hydrogens is 245 g/mol. The number of hydrogen-bond donors (Lipinski definition) is 1. The minimum Gasteiger partial charge on any atom is -0.379 e. The van der Waals surface area contributed by atoms with Crippen LogP contribution in [0, 0.1) is 5.82 Å². The van der Waals surface area contributed by atoms with Crippen molar-refractivity contribution in [2.24, 2.45) is 0 Å². The zero-order valence-electron chi connectivity index (χ0n) is 10.8. The Morgan fingerprint density at radius 1 is 1.47 bits per heavy atom. The van der Waals surface area contributed by atoms with E-state index in [0.29, 0.717) is 25.1 Å². The summed E-state index contributed by atoms with van der Waals surface area (Å²) >= 11 is 0. The highest BCUT2D eigenvalue weighted by molar-refractivity contribution is 5.42. The molecule has 1 N–H and O–H groups in total. The van der Waals surface area contributed by atoms with Crippen LogP contribution >= 0.6 is 0 Å². The second kappa shape index (κ2) is 4.42. The Hall–Kier alpha value is -1.75. The lowest BCUT2D eigenvalue weighted by molar-refractivity contribution is 0.0726. The number of nitrogens with zero attached hydrogens (tertiary/aromatic N) is 3. The molecule has 1 aromatic heterocycles. The second-order valence-corrected chi connectivity index (χ2v) is 5.00. The zero-order chi connectivity index (χ0) is 13.5. The number of hydrogen-bond acceptors (Lipinski definition) is 3. The minimum absolute atomic E-state index is 0.261. The van der Waals surface area contributed by atoms with E-state index in [4.69, 9.17) is 0 Å². The monoisotopic (exact) mass is 261 g/mol. The van der Waals surface area contributed by atoms with E-state index in [2.05, 4.69) is 10.3 Å². The average Bonchev–Trinajstić information content (AvgIpc) is 2.96. The van der Waals surface area contributed by atoms with Crippen molar-refractivity contribution >= 4 is 0 Å². The Morgan fingerprint density at radius 2 is 2.32 bits per heavy atom. The summed E-state index contributed by atoms with van der Waals surface area (Å²) in [6.45, 7) is 2.77. The molecule has 0 spiro atoms. The summed E-state index contributed by atoms with van der Waals surface area (Å²) in [5.74, 6) is -0.261. The molecule has 1 aliphatic rings. The van der Waals surface area contributed by atoms with Gasteiger partial charge in [-0.3, -0.25) is 0 Å². The fourth-order valence-electron chi connectivity index (χ4n) is 2.84. The first-order chi connectivity index (χ1) is 9.15. The number of rotatable bonds is 3. The molecule has 100 valence electrons. The van der Waals surface area contributed by atoms with E-state index >= 15 is 0 Å². The molecule has 1 heterocycles. The van der Waals surface area contributed by atoms with Crippen LogP contribution in [-0.2, 0) is 18.6 Å². The van der Waals surface area contributed by atoms with Crippen molar-refractivity contribution in [2.45, 2.75) is 38.3 Å². The first-order valence-corrected chi connectivity index (χ1v) is 6.55. The van der Waals surface area contributed by atoms with Gasteiger partial charge < -0.3 is 5.11 Å². The van der Waals surface area contributed by atoms with Crippen molar-refractivity contribution in [3.63, 3.8) is 0 Å². The maximum absolute atomic E-state index is 13.2. The van der Waals surface area contributed by atoms with Crippen molar-refractivity contribution in [2.75, 3.05) is 0 Å². The van der Waals surface area contributed by atoms with Crippen LogP contribution in [0.3, 0.4) is 0 Å². The molecule has 1 atom stereocenters. The van der Waals surface area contributed by atoms with Crippen LogP contribution in [0.4, 0.5) is 4.39 Å². The topological polar surface area (TPSA) is 50.9 Å². The SMILES string of the molecule is CCCn1nncc1C1(O)CCc2cc(F)ccc21. The third-order valence-electron chi connectivity index (χ3n) is 3.75. The Morgan fingerprint density at radius 3 is 3.11 bits per heavy atom. The highest BCUT2D eigenvalue weighted by atomic mass is 19.1. The Balaban J connectivity index is 2.08. The van der Waals surface area contributed by atoms with Gasteiger partial charge in [-0.15, -0.1) is 5.10 Å². The van der Waals surface area contributed by atoms with Crippen molar-refractivity contribution in [1.29, 1.82) is 0 Å². The van der Waals surface area contributed by atoms with Crippen LogP contribution in [0.1, 0.15) is 36.6 Å². The maximum Gasteiger partial charge on any atom is 0.133 e. The summed E-state index contributed by atoms with van der Waals surface area (Å²) in [6.07, 6.45) is 3.74. The van der Waals surface area contributed by atoms with Crippen LogP contribution in [0.2, 0.25) is 0 Å². The number of aryl methyl sites for hydroxylation is 2. The molecule has 0 saturated heterocycles. The summed E-state index contributed by atoms with van der Waals surface area (Å²) in [5, 5.41) is 18.9. The van der Waals surface area contributed by atoms with Crippen molar-refractivity contribution in [3.05, 3.63) is 47.0 Å². The van der Waals surface area contributed by atoms with E-state index in [1.807, 2.05) is 6.92 Å². The fourth-order valence-corrected chi connectivity index (χ4v) is 2.84. The van der Waals surface area contributed by atoms with Crippen LogP contribution < -0.4 is 0 Å². The predicted octanol–water partition coefficient (Wildman–Crippen LogP) is 2.01. The first kappa shape index (κ1) is 12.3. The molecule has 0 radical (unpaired) electrons. The largest absolute Gasteiger partial charge is 0.379 e. The Labute approximate surface area is 110 Å². The van der Waals surface area contributed by atoms with Gasteiger partial charge in [-0.05, 0) is 42.5 Å². The third kappa shape index (κ3) is 1.85. The number of halogens is 1. The van der Waals surface area contributed by atoms with Gasteiger partial charge in [0.2, 0.25) is 0 Å². The molecule has 1 aromatic carbocycles. The lowest BCUT2D eigenvalue weighted by atomic mass is 9.92. The van der Waals surface area contributed by atoms with Crippen molar-refractivity contribution in [3.8, 4) is 0 Å². The molecule has 0 fully saturated rings. The van der Waals surface area contributed by atoms with Gasteiger partial charge in [0.1, 0.15) is 11.4 Å². The Kier molecular flexibility index (Phi) is 2.86. The lowest BCUT2D eigenvalue weighted by Gasteiger charge is -2.24. The number of aliphatic hydroxyl groups is 1. The molecule has 0 bridgehead atoms. The van der Waals surface area contributed by atoms with Crippen molar-refractivity contribution < 1.29 is 9.50 Å². The molecule has 1 unspecified atom stereocenters. The van der Waals surface area contributed by atoms with E-state index in [0.717, 1.165) is 17.5 Å². The lowest BCUT2D eigenvalue weighted by Crippen LogP contribution is -2.28. The Bertz CT molecular complexity index is 610. The van der Waals surface area contributed by atoms with Crippen LogP contribution in [0.5, 0.6) is 0 Å². The maximum atomic E-state index is 13.2. The summed E-state index contributed by atoms with van der Waals surface area (Å²) in [6, 6.07) is 4.56. The van der Waals surface area contributed by atoms with Gasteiger partial charge in [-0.1, -0.05) is 18.2 Å². The second-order valence-electron chi connectivity index (χ2n) is 5.00. The highest BCUT2D eigenvalue weighted by Crippen LogP contribution is 2.41. The van der Waals surface area contributed by atoms with Gasteiger partial charge in [-0.2, -0.15) is 0 Å². The summed E-state index contributed by atoms with van der Waals surface area (Å²) in [7, 11) is 0. The minimum atomic E-state index is -1.10. The van der Waals surface area contributed by atoms with E-state index in [-0.39, 0.29) is 5.82 Å². The van der Waals surface area contributed by atoms with Gasteiger partial charge in [0.05, 0.1) is 11.9 Å². The smallest absolute Gasteiger partial charge is 0.133 e. The number of fused-ring (bicyclic) bond motifs is 1. The number of aromatic nitrogens is 3. The summed E-state index contributed by atoms with van der Waals surface area (Å²) in [4.78, 5) is 0. The molecule has 5 heteroatoms. The van der Waals surface area contributed by atoms with Gasteiger partial charge in [-0.25, -0.2) is 9.07 Å². The van der Waals surface area contributed by atoms with E-state index in [1.54, 1.807) is 16.9 Å².